The first-order chi connectivity index (χ1) is 47.4. The Morgan fingerprint density at radius 2 is 1.26 bits per heavy atom. The molecule has 3 unspecified atom stereocenters. The number of nitrogens with one attached hydrogen (secondary N) is 12. The molecule has 101 heavy (non-hydrogen) atoms. The second-order valence-electron chi connectivity index (χ2n) is 26.0. The maximum absolute atomic E-state index is 14.9. The fraction of sp³-hybridized carbons (Fsp3) is 0.636. The number of carbonyl (C=O) groups is 14. The first-order valence-electron chi connectivity index (χ1n) is 34.1. The molecule has 1 aromatic heterocycles. The first kappa shape index (κ1) is 86.8. The van der Waals surface area contributed by atoms with E-state index in [1.165, 1.54) is 24.3 Å². The maximum Gasteiger partial charge on any atom is 0.305 e. The number of amides is 12. The molecule has 0 radical (unpaired) electrons. The van der Waals surface area contributed by atoms with E-state index in [-0.39, 0.29) is 114 Å². The van der Waals surface area contributed by atoms with Crippen molar-refractivity contribution in [2.45, 2.75) is 224 Å². The Morgan fingerprint density at radius 3 is 1.84 bits per heavy atom. The summed E-state index contributed by atoms with van der Waals surface area (Å²) < 4.78 is 0. The average Bonchev–Trinajstić information content (AvgIpc) is 1.83. The molecule has 0 bridgehead atoms. The number of aliphatic carboxylic acids is 2. The molecule has 35 heteroatoms. The number of benzene rings is 1. The van der Waals surface area contributed by atoms with Gasteiger partial charge in [0.05, 0.1) is 30.3 Å². The minimum absolute atomic E-state index is 0. The van der Waals surface area contributed by atoms with Crippen LogP contribution in [0.1, 0.15) is 150 Å². The third-order valence-corrected chi connectivity index (χ3v) is 18.6. The molecular formula is C66H103N17O16SZn. The molecule has 0 saturated carbocycles. The smallest absolute Gasteiger partial charge is 0.305 e. The molecular weight excluding hydrogens is 1380 g/mol. The molecule has 0 aliphatic carbocycles. The number of aliphatic imine (C=N–C) groups is 1. The van der Waals surface area contributed by atoms with E-state index in [1.807, 2.05) is 27.7 Å². The van der Waals surface area contributed by atoms with Gasteiger partial charge in [-0.15, -0.1) is 11.8 Å². The number of primary amides is 1. The molecule has 1 fully saturated rings. The number of thioether (sulfide) groups is 1. The predicted octanol–water partition coefficient (Wildman–Crippen LogP) is -1.68. The van der Waals surface area contributed by atoms with Crippen LogP contribution in [0.4, 0.5) is 0 Å². The summed E-state index contributed by atoms with van der Waals surface area (Å²) in [7, 11) is 0. The molecule has 2 aliphatic heterocycles. The molecule has 2 aromatic rings. The summed E-state index contributed by atoms with van der Waals surface area (Å²) in [5, 5.41) is 49.1. The summed E-state index contributed by atoms with van der Waals surface area (Å²) in [6.45, 7) is 14.1. The van der Waals surface area contributed by atoms with Gasteiger partial charge in [0.25, 0.3) is 0 Å². The van der Waals surface area contributed by atoms with Gasteiger partial charge in [0.1, 0.15) is 66.5 Å². The number of nitrogens with two attached hydrogens (primary N) is 3. The van der Waals surface area contributed by atoms with Crippen molar-refractivity contribution in [2.75, 3.05) is 18.8 Å². The molecule has 20 N–H and O–H groups in total. The Hall–Kier alpha value is -8.43. The number of hydrogen-bond donors (Lipinski definition) is 17. The van der Waals surface area contributed by atoms with Crippen molar-refractivity contribution in [3.8, 4) is 0 Å². The van der Waals surface area contributed by atoms with E-state index in [0.717, 1.165) is 6.42 Å². The van der Waals surface area contributed by atoms with Crippen LogP contribution < -0.4 is 75.7 Å². The minimum atomic E-state index is -1.94. The van der Waals surface area contributed by atoms with Gasteiger partial charge in [-0.3, -0.25) is 72.1 Å². The zero-order valence-corrected chi connectivity index (χ0v) is 62.6. The average molecular weight is 1490 g/mol. The Labute approximate surface area is 605 Å². The minimum Gasteiger partial charge on any atom is -0.481 e. The molecule has 33 nitrogen and oxygen atoms in total. The van der Waals surface area contributed by atoms with Crippen molar-refractivity contribution in [1.29, 1.82) is 0 Å². The Balaban J connectivity index is 0.0000265. The van der Waals surface area contributed by atoms with E-state index in [4.69, 9.17) is 17.2 Å². The Kier molecular flexibility index (Phi) is 37.9. The molecule has 2 aliphatic rings. The zero-order chi connectivity index (χ0) is 74.3. The number of carboxylic acids is 2. The summed E-state index contributed by atoms with van der Waals surface area (Å²) in [6, 6.07) is -8.34. The van der Waals surface area contributed by atoms with Crippen molar-refractivity contribution < 1.29 is 96.8 Å². The number of nitrogens with zero attached hydrogens (tertiary/aromatic N) is 2. The van der Waals surface area contributed by atoms with Gasteiger partial charge < -0.3 is 90.9 Å². The number of carboxylic acid groups (broad SMARTS) is 2. The Bertz CT molecular complexity index is 3170. The summed E-state index contributed by atoms with van der Waals surface area (Å²) in [5.74, 6) is -15.4. The normalized spacial score (nSPS) is 22.9. The van der Waals surface area contributed by atoms with Gasteiger partial charge in [-0.2, -0.15) is 0 Å². The predicted molar refractivity (Wildman–Crippen MR) is 369 cm³/mol. The van der Waals surface area contributed by atoms with Crippen molar-refractivity contribution in [3.05, 3.63) is 54.1 Å². The van der Waals surface area contributed by atoms with Gasteiger partial charge in [0, 0.05) is 62.9 Å². The fourth-order valence-corrected chi connectivity index (χ4v) is 12.0. The third-order valence-electron chi connectivity index (χ3n) is 17.5. The number of carbonyl (C=O) groups excluding carboxylic acids is 12. The number of imidazole rings is 1. The molecule has 556 valence electrons. The van der Waals surface area contributed by atoms with Gasteiger partial charge >= 0.3 is 11.9 Å². The van der Waals surface area contributed by atoms with Gasteiger partial charge in [-0.05, 0) is 80.7 Å². The van der Waals surface area contributed by atoms with Gasteiger partial charge in [0.15, 0.2) is 0 Å². The van der Waals surface area contributed by atoms with Gasteiger partial charge in [-0.25, -0.2) is 4.98 Å². The molecule has 15 atom stereocenters. The van der Waals surface area contributed by atoms with E-state index in [9.17, 15) is 77.3 Å². The van der Waals surface area contributed by atoms with Crippen LogP contribution in [-0.2, 0) is 99.4 Å². The molecule has 12 amide bonds. The second-order valence-corrected chi connectivity index (χ2v) is 27.0. The van der Waals surface area contributed by atoms with Gasteiger partial charge in [0.2, 0.25) is 70.9 Å². The maximum atomic E-state index is 14.9. The SMILES string of the molecule is CCC(C)C(N)C1=NC(C(=O)N[C@@H](CC(C)C)C(=O)N[C@H](CCC(=O)O)C(=O)N[C@H](C(=O)N[C@@H]2CCCCNC(=O)[C@H](CC(N)=O)NC(=O)[C@@H](CC(=O)O)NC(=O)[C@H](Cc3cnc[nH]3)NC(=O)[C@@H](Cc3ccccc3)NC(=O)[C@H]([C@@H](C)CC)NC(=O)[C@@H](CCCN)NC2=O)[C@@H](C)CC)CS1.[Zn]. The molecule has 4 rings (SSSR count). The van der Waals surface area contributed by atoms with E-state index >= 15 is 0 Å². The standard InChI is InChI=1S/C66H103N17O16S.Zn/c1-9-35(6)52(69)66-81-48(32-100-66)63(97)76-43(26-34(4)5)59(93)74-42(22-23-50(85)86)58(92)83-53(36(7)10-2)64(98)75-40-20-15-16-25-71-55(89)46(29-49(68)84)78-62(96)47(30-51(87)88)79-61(95)45(28-39-31-70-33-72-39)77-60(94)44(27-38-18-13-12-14-19-38)80-65(99)54(37(8)11-3)82-57(91)41(21-17-24-67)73-56(40)90;/h12-14,18-19,31,33-37,40-48,52-54H,9-11,15-17,20-30,32,67,69H2,1-8H3,(H2,68,84)(H,70,72)(H,71,89)(H,73,90)(H,74,93)(H,75,98)(H,76,97)(H,77,94)(H,78,96)(H,79,95)(H,80,99)(H,82,91)(H,83,92)(H,85,86)(H,87,88);/t35?,36-,37-,40+,41+,42+,43-,44+,45-,46-,47+,48?,52?,53-,54-;/m0./s1. The van der Waals surface area contributed by atoms with Crippen molar-refractivity contribution in [2.24, 2.45) is 45.9 Å². The van der Waals surface area contributed by atoms with Crippen LogP contribution in [0.2, 0.25) is 0 Å². The topological polar surface area (TPSA) is 531 Å². The second kappa shape index (κ2) is 44.1. The van der Waals surface area contributed by atoms with E-state index in [0.29, 0.717) is 16.3 Å². The van der Waals surface area contributed by atoms with Crippen LogP contribution in [-0.4, -0.2) is 199 Å². The summed E-state index contributed by atoms with van der Waals surface area (Å²) in [6.07, 6.45) is 0.368. The molecule has 1 saturated heterocycles. The van der Waals surface area contributed by atoms with Crippen LogP contribution in [0.25, 0.3) is 0 Å². The van der Waals surface area contributed by atoms with E-state index < -0.39 is 193 Å². The molecule has 3 heterocycles. The van der Waals surface area contributed by atoms with E-state index in [2.05, 4.69) is 73.4 Å². The first-order valence-corrected chi connectivity index (χ1v) is 35.1. The van der Waals surface area contributed by atoms with E-state index in [1.54, 1.807) is 58.0 Å². The monoisotopic (exact) mass is 1490 g/mol. The van der Waals surface area contributed by atoms with Crippen LogP contribution in [0.5, 0.6) is 0 Å². The van der Waals surface area contributed by atoms with Crippen LogP contribution in [0.3, 0.4) is 0 Å². The van der Waals surface area contributed by atoms with Crippen LogP contribution in [0, 0.1) is 23.7 Å². The third kappa shape index (κ3) is 29.2. The van der Waals surface area contributed by atoms with Crippen LogP contribution >= 0.6 is 11.8 Å². The summed E-state index contributed by atoms with van der Waals surface area (Å²) >= 11 is 1.35. The summed E-state index contributed by atoms with van der Waals surface area (Å²) in [4.78, 5) is 207. The van der Waals surface area contributed by atoms with Crippen LogP contribution in [0.15, 0.2) is 47.8 Å². The molecule has 0 spiro atoms. The van der Waals surface area contributed by atoms with Crippen molar-refractivity contribution in [3.63, 3.8) is 0 Å². The number of rotatable bonds is 31. The zero-order valence-electron chi connectivity index (χ0n) is 58.9. The van der Waals surface area contributed by atoms with Crippen molar-refractivity contribution >= 4 is 99.6 Å². The molecule has 1 aromatic carbocycles. The number of aromatic amines is 1. The Morgan fingerprint density at radius 1 is 0.663 bits per heavy atom. The number of hydrogen-bond acceptors (Lipinski definition) is 19. The largest absolute Gasteiger partial charge is 0.481 e. The quantitative estimate of drug-likeness (QED) is 0.0375. The fourth-order valence-electron chi connectivity index (χ4n) is 10.9. The number of aromatic nitrogens is 2. The summed E-state index contributed by atoms with van der Waals surface area (Å²) in [5.41, 5.74) is 18.7. The number of H-pyrrole nitrogens is 1. The van der Waals surface area contributed by atoms with Crippen molar-refractivity contribution in [1.82, 2.24) is 68.5 Å². The van der Waals surface area contributed by atoms with Gasteiger partial charge in [-0.1, -0.05) is 105 Å².